The van der Waals surface area contributed by atoms with Gasteiger partial charge >= 0.3 is 0 Å². The molecule has 1 aliphatic heterocycles. The zero-order chi connectivity index (χ0) is 11.5. The Morgan fingerprint density at radius 2 is 2.44 bits per heavy atom. The number of primary amides is 1. The van der Waals surface area contributed by atoms with E-state index < -0.39 is 5.91 Å². The molecule has 16 heavy (non-hydrogen) atoms. The SMILES string of the molecule is NC(=O)C1CC(=O)N(CCc2ccco2)C1. The van der Waals surface area contributed by atoms with Gasteiger partial charge in [0.05, 0.1) is 12.2 Å². The fourth-order valence-corrected chi connectivity index (χ4v) is 1.88. The molecule has 2 amide bonds. The summed E-state index contributed by atoms with van der Waals surface area (Å²) in [5, 5.41) is 0. The molecule has 1 aromatic heterocycles. The molecule has 0 aliphatic carbocycles. The van der Waals surface area contributed by atoms with Crippen molar-refractivity contribution >= 4 is 11.8 Å². The van der Waals surface area contributed by atoms with Crippen LogP contribution in [0.4, 0.5) is 0 Å². The summed E-state index contributed by atoms with van der Waals surface area (Å²) in [5.74, 6) is 0.114. The first-order chi connectivity index (χ1) is 7.66. The first-order valence-corrected chi connectivity index (χ1v) is 5.26. The lowest BCUT2D eigenvalue weighted by atomic mass is 10.1. The Bertz CT molecular complexity index is 386. The molecular formula is C11H14N2O3. The number of carbonyl (C=O) groups excluding carboxylic acids is 2. The van der Waals surface area contributed by atoms with E-state index in [1.54, 1.807) is 11.2 Å². The van der Waals surface area contributed by atoms with Crippen molar-refractivity contribution < 1.29 is 14.0 Å². The monoisotopic (exact) mass is 222 g/mol. The van der Waals surface area contributed by atoms with Crippen LogP contribution in [0.5, 0.6) is 0 Å². The topological polar surface area (TPSA) is 76.5 Å². The van der Waals surface area contributed by atoms with Crippen molar-refractivity contribution in [3.05, 3.63) is 24.2 Å². The highest BCUT2D eigenvalue weighted by molar-refractivity contribution is 5.88. The third-order valence-electron chi connectivity index (χ3n) is 2.83. The Hall–Kier alpha value is -1.78. The van der Waals surface area contributed by atoms with E-state index in [0.717, 1.165) is 5.76 Å². The molecular weight excluding hydrogens is 208 g/mol. The van der Waals surface area contributed by atoms with Gasteiger partial charge in [-0.25, -0.2) is 0 Å². The van der Waals surface area contributed by atoms with Gasteiger partial charge in [0.2, 0.25) is 11.8 Å². The number of amides is 2. The van der Waals surface area contributed by atoms with Crippen LogP contribution in [0.1, 0.15) is 12.2 Å². The van der Waals surface area contributed by atoms with E-state index in [2.05, 4.69) is 0 Å². The largest absolute Gasteiger partial charge is 0.469 e. The number of hydrogen-bond donors (Lipinski definition) is 1. The van der Waals surface area contributed by atoms with E-state index in [-0.39, 0.29) is 18.2 Å². The summed E-state index contributed by atoms with van der Waals surface area (Å²) < 4.78 is 5.17. The van der Waals surface area contributed by atoms with E-state index in [0.29, 0.717) is 19.5 Å². The zero-order valence-corrected chi connectivity index (χ0v) is 8.89. The molecule has 5 nitrogen and oxygen atoms in total. The predicted molar refractivity (Wildman–Crippen MR) is 56.3 cm³/mol. The quantitative estimate of drug-likeness (QED) is 0.788. The average molecular weight is 222 g/mol. The Morgan fingerprint density at radius 3 is 3.00 bits per heavy atom. The average Bonchev–Trinajstić information content (AvgIpc) is 2.84. The minimum atomic E-state index is -0.395. The summed E-state index contributed by atoms with van der Waals surface area (Å²) in [4.78, 5) is 24.2. The van der Waals surface area contributed by atoms with Crippen molar-refractivity contribution in [3.8, 4) is 0 Å². The lowest BCUT2D eigenvalue weighted by Gasteiger charge is -2.14. The lowest BCUT2D eigenvalue weighted by Crippen LogP contribution is -2.30. The second-order valence-corrected chi connectivity index (χ2v) is 3.97. The molecule has 2 rings (SSSR count). The van der Waals surface area contributed by atoms with Crippen LogP contribution in [-0.4, -0.2) is 29.8 Å². The van der Waals surface area contributed by atoms with E-state index in [1.165, 1.54) is 0 Å². The van der Waals surface area contributed by atoms with E-state index in [4.69, 9.17) is 10.2 Å². The van der Waals surface area contributed by atoms with Crippen LogP contribution in [-0.2, 0) is 16.0 Å². The molecule has 0 saturated carbocycles. The molecule has 0 spiro atoms. The van der Waals surface area contributed by atoms with Crippen molar-refractivity contribution in [1.82, 2.24) is 4.90 Å². The molecule has 0 radical (unpaired) electrons. The van der Waals surface area contributed by atoms with Gasteiger partial charge < -0.3 is 15.1 Å². The van der Waals surface area contributed by atoms with Crippen LogP contribution < -0.4 is 5.73 Å². The highest BCUT2D eigenvalue weighted by Gasteiger charge is 2.32. The van der Waals surface area contributed by atoms with Crippen LogP contribution in [0.3, 0.4) is 0 Å². The fourth-order valence-electron chi connectivity index (χ4n) is 1.88. The summed E-state index contributed by atoms with van der Waals surface area (Å²) in [7, 11) is 0. The molecule has 0 bridgehead atoms. The van der Waals surface area contributed by atoms with Crippen molar-refractivity contribution in [1.29, 1.82) is 0 Å². The van der Waals surface area contributed by atoms with Crippen molar-refractivity contribution in [2.45, 2.75) is 12.8 Å². The van der Waals surface area contributed by atoms with Crippen LogP contribution >= 0.6 is 0 Å². The van der Waals surface area contributed by atoms with Gasteiger partial charge in [-0.3, -0.25) is 9.59 Å². The van der Waals surface area contributed by atoms with Gasteiger partial charge in [-0.2, -0.15) is 0 Å². The van der Waals surface area contributed by atoms with Gasteiger partial charge in [0.25, 0.3) is 0 Å². The van der Waals surface area contributed by atoms with Gasteiger partial charge in [-0.1, -0.05) is 0 Å². The molecule has 1 fully saturated rings. The number of likely N-dealkylation sites (tertiary alicyclic amines) is 1. The number of rotatable bonds is 4. The molecule has 86 valence electrons. The molecule has 5 heteroatoms. The minimum Gasteiger partial charge on any atom is -0.469 e. The lowest BCUT2D eigenvalue weighted by molar-refractivity contribution is -0.128. The van der Waals surface area contributed by atoms with E-state index in [9.17, 15) is 9.59 Å². The molecule has 1 saturated heterocycles. The summed E-state index contributed by atoms with van der Waals surface area (Å²) in [6.07, 6.45) is 2.52. The van der Waals surface area contributed by atoms with Gasteiger partial charge in [0.1, 0.15) is 5.76 Å². The molecule has 1 aliphatic rings. The highest BCUT2D eigenvalue weighted by atomic mass is 16.3. The molecule has 1 atom stereocenters. The summed E-state index contributed by atoms with van der Waals surface area (Å²) >= 11 is 0. The molecule has 0 aromatic carbocycles. The second-order valence-electron chi connectivity index (χ2n) is 3.97. The Kier molecular flexibility index (Phi) is 2.94. The summed E-state index contributed by atoms with van der Waals surface area (Å²) in [5.41, 5.74) is 5.18. The first kappa shape index (κ1) is 10.7. The summed E-state index contributed by atoms with van der Waals surface area (Å²) in [6.45, 7) is 1.02. The van der Waals surface area contributed by atoms with Crippen molar-refractivity contribution in [2.24, 2.45) is 11.7 Å². The fraction of sp³-hybridized carbons (Fsp3) is 0.455. The number of hydrogen-bond acceptors (Lipinski definition) is 3. The highest BCUT2D eigenvalue weighted by Crippen LogP contribution is 2.17. The van der Waals surface area contributed by atoms with Gasteiger partial charge in [-0.05, 0) is 12.1 Å². The van der Waals surface area contributed by atoms with Crippen molar-refractivity contribution in [2.75, 3.05) is 13.1 Å². The van der Waals surface area contributed by atoms with Crippen molar-refractivity contribution in [3.63, 3.8) is 0 Å². The summed E-state index contributed by atoms with van der Waals surface area (Å²) in [6, 6.07) is 3.68. The van der Waals surface area contributed by atoms with Gasteiger partial charge in [0, 0.05) is 25.9 Å². The third-order valence-corrected chi connectivity index (χ3v) is 2.83. The third kappa shape index (κ3) is 2.24. The maximum absolute atomic E-state index is 11.5. The Labute approximate surface area is 93.2 Å². The number of furan rings is 1. The van der Waals surface area contributed by atoms with Crippen LogP contribution in [0.15, 0.2) is 22.8 Å². The smallest absolute Gasteiger partial charge is 0.223 e. The minimum absolute atomic E-state index is 0.00430. The van der Waals surface area contributed by atoms with E-state index >= 15 is 0 Å². The number of nitrogens with zero attached hydrogens (tertiary/aromatic N) is 1. The zero-order valence-electron chi connectivity index (χ0n) is 8.89. The number of nitrogens with two attached hydrogens (primary N) is 1. The first-order valence-electron chi connectivity index (χ1n) is 5.26. The Balaban J connectivity index is 1.87. The Morgan fingerprint density at radius 1 is 1.62 bits per heavy atom. The van der Waals surface area contributed by atoms with Crippen LogP contribution in [0.25, 0.3) is 0 Å². The van der Waals surface area contributed by atoms with Gasteiger partial charge in [-0.15, -0.1) is 0 Å². The predicted octanol–water partition coefficient (Wildman–Crippen LogP) is 0.156. The van der Waals surface area contributed by atoms with Crippen LogP contribution in [0.2, 0.25) is 0 Å². The van der Waals surface area contributed by atoms with Crippen LogP contribution in [0, 0.1) is 5.92 Å². The molecule has 2 heterocycles. The molecule has 1 unspecified atom stereocenters. The maximum Gasteiger partial charge on any atom is 0.223 e. The normalized spacial score (nSPS) is 20.4. The van der Waals surface area contributed by atoms with E-state index in [1.807, 2.05) is 12.1 Å². The van der Waals surface area contributed by atoms with Gasteiger partial charge in [0.15, 0.2) is 0 Å². The number of carbonyl (C=O) groups is 2. The second kappa shape index (κ2) is 4.38. The molecule has 1 aromatic rings. The maximum atomic E-state index is 11.5. The molecule has 2 N–H and O–H groups in total. The standard InChI is InChI=1S/C11H14N2O3/c12-11(15)8-6-10(14)13(7-8)4-3-9-2-1-5-16-9/h1-2,5,8H,3-4,6-7H2,(H2,12,15).